The quantitative estimate of drug-likeness (QED) is 0.644. The Morgan fingerprint density at radius 1 is 1.19 bits per heavy atom. The fourth-order valence-corrected chi connectivity index (χ4v) is 3.12. The van der Waals surface area contributed by atoms with Gasteiger partial charge >= 0.3 is 0 Å². The van der Waals surface area contributed by atoms with Gasteiger partial charge in [0.1, 0.15) is 5.15 Å². The van der Waals surface area contributed by atoms with E-state index in [0.717, 1.165) is 16.8 Å². The lowest BCUT2D eigenvalue weighted by molar-refractivity contribution is 0.521. The number of hydrogen-bond acceptors (Lipinski definition) is 3. The van der Waals surface area contributed by atoms with Crippen LogP contribution >= 0.6 is 34.8 Å². The van der Waals surface area contributed by atoms with E-state index in [1.165, 1.54) is 0 Å². The summed E-state index contributed by atoms with van der Waals surface area (Å²) in [5.74, 6) is 5.67. The fraction of sp³-hybridized carbons (Fsp3) is 0.357. The Kier molecular flexibility index (Phi) is 5.52. The molecule has 1 heterocycles. The van der Waals surface area contributed by atoms with Crippen LogP contribution in [0.4, 0.5) is 0 Å². The van der Waals surface area contributed by atoms with Crippen LogP contribution in [-0.4, -0.2) is 15.8 Å². The number of nitrogens with two attached hydrogens (primary N) is 1. The highest BCUT2D eigenvalue weighted by Crippen LogP contribution is 2.27. The molecule has 0 aliphatic heterocycles. The molecule has 2 rings (SSSR count). The van der Waals surface area contributed by atoms with Gasteiger partial charge in [-0.15, -0.1) is 0 Å². The minimum Gasteiger partial charge on any atom is -0.271 e. The van der Waals surface area contributed by atoms with Crippen LogP contribution in [0.15, 0.2) is 18.2 Å². The van der Waals surface area contributed by atoms with Crippen LogP contribution in [-0.2, 0) is 19.9 Å². The largest absolute Gasteiger partial charge is 0.271 e. The van der Waals surface area contributed by atoms with Crippen LogP contribution in [0.3, 0.4) is 0 Å². The van der Waals surface area contributed by atoms with Gasteiger partial charge in [0.25, 0.3) is 0 Å². The minimum atomic E-state index is -0.0391. The second-order valence-corrected chi connectivity index (χ2v) is 6.12. The molecule has 0 saturated heterocycles. The fourth-order valence-electron chi connectivity index (χ4n) is 2.32. The van der Waals surface area contributed by atoms with Crippen LogP contribution in [0.1, 0.15) is 16.8 Å². The van der Waals surface area contributed by atoms with Gasteiger partial charge in [-0.3, -0.25) is 16.0 Å². The highest BCUT2D eigenvalue weighted by atomic mass is 35.5. The van der Waals surface area contributed by atoms with E-state index in [1.807, 2.05) is 32.2 Å². The highest BCUT2D eigenvalue weighted by Gasteiger charge is 2.18. The Bertz CT molecular complexity index is 619. The van der Waals surface area contributed by atoms with E-state index < -0.39 is 0 Å². The average molecular weight is 348 g/mol. The number of halogens is 3. The summed E-state index contributed by atoms with van der Waals surface area (Å²) in [5, 5.41) is 6.20. The van der Waals surface area contributed by atoms with Crippen molar-refractivity contribution in [3.63, 3.8) is 0 Å². The van der Waals surface area contributed by atoms with E-state index in [4.69, 9.17) is 40.6 Å². The van der Waals surface area contributed by atoms with Crippen molar-refractivity contribution < 1.29 is 0 Å². The molecule has 2 aromatic rings. The van der Waals surface area contributed by atoms with Crippen molar-refractivity contribution in [3.8, 4) is 0 Å². The van der Waals surface area contributed by atoms with Gasteiger partial charge in [-0.05, 0) is 37.5 Å². The molecule has 1 atom stereocenters. The molecular formula is C14H17Cl3N4. The van der Waals surface area contributed by atoms with Crippen molar-refractivity contribution in [3.05, 3.63) is 50.2 Å². The highest BCUT2D eigenvalue weighted by molar-refractivity contribution is 6.36. The standard InChI is InChI=1S/C14H17Cl3N4/c1-8-10(14(17)21(2)20-8)6-9(19-18)7-11-12(15)4-3-5-13(11)16/h3-5,9,19H,6-7,18H2,1-2H3. The minimum absolute atomic E-state index is 0.0391. The van der Waals surface area contributed by atoms with Gasteiger partial charge in [0.15, 0.2) is 0 Å². The van der Waals surface area contributed by atoms with E-state index in [2.05, 4.69) is 10.5 Å². The molecule has 7 heteroatoms. The third kappa shape index (κ3) is 3.71. The van der Waals surface area contributed by atoms with Gasteiger partial charge in [0.2, 0.25) is 0 Å². The summed E-state index contributed by atoms with van der Waals surface area (Å²) in [4.78, 5) is 0. The first-order valence-electron chi connectivity index (χ1n) is 6.51. The topological polar surface area (TPSA) is 55.9 Å². The van der Waals surface area contributed by atoms with Gasteiger partial charge < -0.3 is 0 Å². The van der Waals surface area contributed by atoms with E-state index in [0.29, 0.717) is 28.0 Å². The lowest BCUT2D eigenvalue weighted by Crippen LogP contribution is -2.38. The first-order valence-corrected chi connectivity index (χ1v) is 7.64. The van der Waals surface area contributed by atoms with Crippen molar-refractivity contribution in [2.75, 3.05) is 0 Å². The van der Waals surface area contributed by atoms with Crippen LogP contribution in [0.2, 0.25) is 15.2 Å². The molecule has 0 fully saturated rings. The molecule has 1 aromatic carbocycles. The Hall–Kier alpha value is -0.780. The van der Waals surface area contributed by atoms with Gasteiger partial charge in [0, 0.05) is 28.7 Å². The molecule has 0 aliphatic carbocycles. The molecule has 4 nitrogen and oxygen atoms in total. The Morgan fingerprint density at radius 2 is 1.76 bits per heavy atom. The molecule has 0 spiro atoms. The molecule has 0 saturated carbocycles. The molecule has 3 N–H and O–H groups in total. The maximum absolute atomic E-state index is 6.26. The number of hydrazine groups is 1. The summed E-state index contributed by atoms with van der Waals surface area (Å²) in [7, 11) is 1.81. The maximum Gasteiger partial charge on any atom is 0.130 e. The molecule has 21 heavy (non-hydrogen) atoms. The zero-order valence-electron chi connectivity index (χ0n) is 11.8. The lowest BCUT2D eigenvalue weighted by atomic mass is 10.00. The summed E-state index contributed by atoms with van der Waals surface area (Å²) >= 11 is 18.7. The third-order valence-electron chi connectivity index (χ3n) is 3.47. The van der Waals surface area contributed by atoms with Gasteiger partial charge in [0.05, 0.1) is 5.69 Å². The van der Waals surface area contributed by atoms with E-state index in [1.54, 1.807) is 4.68 Å². The summed E-state index contributed by atoms with van der Waals surface area (Å²) in [5.41, 5.74) is 5.55. The second kappa shape index (κ2) is 6.99. The van der Waals surface area contributed by atoms with Crippen LogP contribution in [0, 0.1) is 6.92 Å². The van der Waals surface area contributed by atoms with Crippen LogP contribution < -0.4 is 11.3 Å². The predicted molar refractivity (Wildman–Crippen MR) is 87.9 cm³/mol. The first-order chi connectivity index (χ1) is 9.93. The van der Waals surface area contributed by atoms with Crippen LogP contribution in [0.25, 0.3) is 0 Å². The van der Waals surface area contributed by atoms with E-state index in [9.17, 15) is 0 Å². The van der Waals surface area contributed by atoms with E-state index in [-0.39, 0.29) is 6.04 Å². The Labute approximate surface area is 139 Å². The van der Waals surface area contributed by atoms with Gasteiger partial charge in [-0.2, -0.15) is 5.10 Å². The molecule has 1 aromatic heterocycles. The zero-order valence-corrected chi connectivity index (χ0v) is 14.1. The molecule has 114 valence electrons. The summed E-state index contributed by atoms with van der Waals surface area (Å²) in [6.07, 6.45) is 1.26. The monoisotopic (exact) mass is 346 g/mol. The van der Waals surface area contributed by atoms with E-state index >= 15 is 0 Å². The van der Waals surface area contributed by atoms with Crippen molar-refractivity contribution in [1.29, 1.82) is 0 Å². The van der Waals surface area contributed by atoms with Crippen molar-refractivity contribution in [1.82, 2.24) is 15.2 Å². The maximum atomic E-state index is 6.26. The third-order valence-corrected chi connectivity index (χ3v) is 4.65. The Morgan fingerprint density at radius 3 is 2.24 bits per heavy atom. The molecule has 0 aliphatic rings. The SMILES string of the molecule is Cc1nn(C)c(Cl)c1CC(Cc1c(Cl)cccc1Cl)NN. The summed E-state index contributed by atoms with van der Waals surface area (Å²) in [6.45, 7) is 1.93. The molecule has 0 radical (unpaired) electrons. The molecule has 0 bridgehead atoms. The zero-order chi connectivity index (χ0) is 15.6. The number of nitrogens with zero attached hydrogens (tertiary/aromatic N) is 2. The van der Waals surface area contributed by atoms with Gasteiger partial charge in [-0.25, -0.2) is 0 Å². The summed E-state index contributed by atoms with van der Waals surface area (Å²) < 4.78 is 1.66. The van der Waals surface area contributed by atoms with Crippen molar-refractivity contribution >= 4 is 34.8 Å². The number of aromatic nitrogens is 2. The number of benzene rings is 1. The number of nitrogens with one attached hydrogen (secondary N) is 1. The smallest absolute Gasteiger partial charge is 0.130 e. The van der Waals surface area contributed by atoms with Crippen LogP contribution in [0.5, 0.6) is 0 Å². The predicted octanol–water partition coefficient (Wildman–Crippen LogP) is 3.31. The summed E-state index contributed by atoms with van der Waals surface area (Å²) in [6, 6.07) is 5.42. The second-order valence-electron chi connectivity index (χ2n) is 4.95. The van der Waals surface area contributed by atoms with Crippen molar-refractivity contribution in [2.45, 2.75) is 25.8 Å². The lowest BCUT2D eigenvalue weighted by Gasteiger charge is -2.17. The first kappa shape index (κ1) is 16.6. The van der Waals surface area contributed by atoms with Crippen molar-refractivity contribution in [2.24, 2.45) is 12.9 Å². The number of aryl methyl sites for hydroxylation is 2. The normalized spacial score (nSPS) is 12.7. The Balaban J connectivity index is 2.21. The molecule has 0 amide bonds. The average Bonchev–Trinajstić information content (AvgIpc) is 2.67. The molecule has 1 unspecified atom stereocenters. The molecular weight excluding hydrogens is 331 g/mol. The van der Waals surface area contributed by atoms with Gasteiger partial charge in [-0.1, -0.05) is 40.9 Å². The number of rotatable bonds is 5. The number of hydrogen-bond donors (Lipinski definition) is 2.